The summed E-state index contributed by atoms with van der Waals surface area (Å²) in [6, 6.07) is 4.45. The van der Waals surface area contributed by atoms with Crippen LogP contribution in [0.1, 0.15) is 18.6 Å². The second-order valence-electron chi connectivity index (χ2n) is 4.73. The van der Waals surface area contributed by atoms with E-state index in [1.807, 2.05) is 6.92 Å². The molecule has 1 aromatic carbocycles. The van der Waals surface area contributed by atoms with Crippen molar-refractivity contribution >= 4 is 22.1 Å². The SMILES string of the molecule is CCN/C=C(\C=N)Cc1oc(C)nc1-c1ccc(F)cc1Br. The van der Waals surface area contributed by atoms with Crippen LogP contribution >= 0.6 is 15.9 Å². The molecule has 6 heteroatoms. The molecule has 0 fully saturated rings. The predicted octanol–water partition coefficient (Wildman–Crippen LogP) is 4.24. The molecule has 2 rings (SSSR count). The van der Waals surface area contributed by atoms with Gasteiger partial charge in [-0.1, -0.05) is 0 Å². The Balaban J connectivity index is 2.40. The minimum atomic E-state index is -0.315. The Morgan fingerprint density at radius 2 is 2.27 bits per heavy atom. The lowest BCUT2D eigenvalue weighted by Gasteiger charge is -2.05. The zero-order valence-electron chi connectivity index (χ0n) is 12.4. The van der Waals surface area contributed by atoms with E-state index in [9.17, 15) is 4.39 Å². The van der Waals surface area contributed by atoms with Crippen molar-refractivity contribution < 1.29 is 8.81 Å². The molecule has 1 aromatic heterocycles. The van der Waals surface area contributed by atoms with Crippen molar-refractivity contribution in [3.8, 4) is 11.3 Å². The average molecular weight is 366 g/mol. The first-order valence-electron chi connectivity index (χ1n) is 6.89. The number of nitrogens with one attached hydrogen (secondary N) is 2. The molecule has 0 aliphatic carbocycles. The van der Waals surface area contributed by atoms with Crippen LogP contribution in [0.25, 0.3) is 11.3 Å². The minimum Gasteiger partial charge on any atom is -0.445 e. The van der Waals surface area contributed by atoms with E-state index in [0.717, 1.165) is 17.7 Å². The quantitative estimate of drug-likeness (QED) is 0.752. The van der Waals surface area contributed by atoms with Crippen LogP contribution in [0.2, 0.25) is 0 Å². The van der Waals surface area contributed by atoms with Gasteiger partial charge in [-0.15, -0.1) is 0 Å². The second kappa shape index (κ2) is 7.35. The van der Waals surface area contributed by atoms with Gasteiger partial charge in [0.25, 0.3) is 0 Å². The molecule has 2 N–H and O–H groups in total. The van der Waals surface area contributed by atoms with Gasteiger partial charge in [-0.05, 0) is 46.6 Å². The van der Waals surface area contributed by atoms with Crippen molar-refractivity contribution in [1.29, 1.82) is 5.41 Å². The number of oxazole rings is 1. The van der Waals surface area contributed by atoms with Crippen LogP contribution in [0.3, 0.4) is 0 Å². The highest BCUT2D eigenvalue weighted by molar-refractivity contribution is 9.10. The highest BCUT2D eigenvalue weighted by atomic mass is 79.9. The number of hydrogen-bond acceptors (Lipinski definition) is 4. The lowest BCUT2D eigenvalue weighted by atomic mass is 10.1. The number of aryl methyl sites for hydroxylation is 1. The summed E-state index contributed by atoms with van der Waals surface area (Å²) in [5.41, 5.74) is 2.20. The monoisotopic (exact) mass is 365 g/mol. The zero-order chi connectivity index (χ0) is 16.1. The van der Waals surface area contributed by atoms with Crippen molar-refractivity contribution in [1.82, 2.24) is 10.3 Å². The minimum absolute atomic E-state index is 0.315. The third-order valence-electron chi connectivity index (χ3n) is 3.03. The first kappa shape index (κ1) is 16.4. The van der Waals surface area contributed by atoms with E-state index in [-0.39, 0.29) is 5.82 Å². The van der Waals surface area contributed by atoms with E-state index in [1.54, 1.807) is 19.2 Å². The fraction of sp³-hybridized carbons (Fsp3) is 0.250. The maximum absolute atomic E-state index is 13.3. The summed E-state index contributed by atoms with van der Waals surface area (Å²) in [5, 5.41) is 10.6. The summed E-state index contributed by atoms with van der Waals surface area (Å²) in [6.07, 6.45) is 3.51. The highest BCUT2D eigenvalue weighted by Crippen LogP contribution is 2.32. The molecule has 0 radical (unpaired) electrons. The molecule has 0 spiro atoms. The first-order chi connectivity index (χ1) is 10.5. The van der Waals surface area contributed by atoms with Gasteiger partial charge in [0, 0.05) is 42.3 Å². The fourth-order valence-corrected chi connectivity index (χ4v) is 2.58. The molecule has 0 bridgehead atoms. The van der Waals surface area contributed by atoms with Crippen LogP contribution in [0.15, 0.2) is 38.9 Å². The van der Waals surface area contributed by atoms with Gasteiger partial charge < -0.3 is 15.1 Å². The van der Waals surface area contributed by atoms with E-state index in [0.29, 0.717) is 28.2 Å². The number of aromatic nitrogens is 1. The molecule has 0 atom stereocenters. The van der Waals surface area contributed by atoms with E-state index < -0.39 is 0 Å². The van der Waals surface area contributed by atoms with Gasteiger partial charge in [0.1, 0.15) is 17.3 Å². The molecule has 0 aliphatic heterocycles. The molecule has 0 amide bonds. The Kier molecular flexibility index (Phi) is 5.49. The number of nitrogens with zero attached hydrogens (tertiary/aromatic N) is 1. The van der Waals surface area contributed by atoms with Crippen molar-refractivity contribution in [2.45, 2.75) is 20.3 Å². The molecule has 0 saturated heterocycles. The van der Waals surface area contributed by atoms with Crippen molar-refractivity contribution in [2.24, 2.45) is 0 Å². The summed E-state index contributed by atoms with van der Waals surface area (Å²) in [4.78, 5) is 4.40. The summed E-state index contributed by atoms with van der Waals surface area (Å²) in [7, 11) is 0. The van der Waals surface area contributed by atoms with E-state index in [4.69, 9.17) is 9.83 Å². The summed E-state index contributed by atoms with van der Waals surface area (Å²) in [5.74, 6) is 0.871. The van der Waals surface area contributed by atoms with Gasteiger partial charge in [0.15, 0.2) is 5.89 Å². The van der Waals surface area contributed by atoms with E-state index >= 15 is 0 Å². The summed E-state index contributed by atoms with van der Waals surface area (Å²) in [6.45, 7) is 4.53. The van der Waals surface area contributed by atoms with Crippen LogP contribution in [-0.2, 0) is 6.42 Å². The van der Waals surface area contributed by atoms with Crippen LogP contribution in [-0.4, -0.2) is 17.7 Å². The van der Waals surface area contributed by atoms with Gasteiger partial charge in [0.05, 0.1) is 0 Å². The van der Waals surface area contributed by atoms with E-state index in [2.05, 4.69) is 26.2 Å². The van der Waals surface area contributed by atoms with Gasteiger partial charge in [-0.25, -0.2) is 9.37 Å². The number of allylic oxidation sites excluding steroid dienone is 1. The highest BCUT2D eigenvalue weighted by Gasteiger charge is 2.17. The molecular weight excluding hydrogens is 349 g/mol. The topological polar surface area (TPSA) is 61.9 Å². The number of hydrogen-bond donors (Lipinski definition) is 2. The van der Waals surface area contributed by atoms with Crippen LogP contribution in [0.4, 0.5) is 4.39 Å². The second-order valence-corrected chi connectivity index (χ2v) is 5.58. The molecule has 4 nitrogen and oxygen atoms in total. The Hall–Kier alpha value is -1.95. The van der Waals surface area contributed by atoms with Crippen LogP contribution < -0.4 is 5.32 Å². The molecule has 1 heterocycles. The molecule has 22 heavy (non-hydrogen) atoms. The number of halogens is 2. The van der Waals surface area contributed by atoms with Gasteiger partial charge in [-0.2, -0.15) is 0 Å². The molecule has 0 saturated carbocycles. The normalized spacial score (nSPS) is 11.5. The molecule has 0 unspecified atom stereocenters. The van der Waals surface area contributed by atoms with E-state index in [1.165, 1.54) is 18.3 Å². The lowest BCUT2D eigenvalue weighted by Crippen LogP contribution is -2.06. The smallest absolute Gasteiger partial charge is 0.191 e. The lowest BCUT2D eigenvalue weighted by molar-refractivity contribution is 0.484. The summed E-state index contributed by atoms with van der Waals surface area (Å²) >= 11 is 3.36. The van der Waals surface area contributed by atoms with Crippen molar-refractivity contribution in [3.63, 3.8) is 0 Å². The van der Waals surface area contributed by atoms with Crippen LogP contribution in [0.5, 0.6) is 0 Å². The van der Waals surface area contributed by atoms with Gasteiger partial charge in [-0.3, -0.25) is 0 Å². The number of rotatable bonds is 6. The average Bonchev–Trinajstić information content (AvgIpc) is 2.83. The Morgan fingerprint density at radius 3 is 2.91 bits per heavy atom. The number of benzene rings is 1. The molecule has 2 aromatic rings. The largest absolute Gasteiger partial charge is 0.445 e. The standard InChI is InChI=1S/C16H17BrFN3O/c1-3-20-9-11(8-19)6-15-16(21-10(2)22-15)13-5-4-12(18)7-14(13)17/h4-5,7-9,19-20H,3,6H2,1-2H3/b11-9-,19-8?. The Labute approximate surface area is 137 Å². The molecule has 0 aliphatic rings. The van der Waals surface area contributed by atoms with Crippen molar-refractivity contribution in [2.75, 3.05) is 6.54 Å². The van der Waals surface area contributed by atoms with Gasteiger partial charge >= 0.3 is 0 Å². The zero-order valence-corrected chi connectivity index (χ0v) is 14.0. The summed E-state index contributed by atoms with van der Waals surface area (Å²) < 4.78 is 19.5. The third kappa shape index (κ3) is 3.82. The third-order valence-corrected chi connectivity index (χ3v) is 3.69. The maximum atomic E-state index is 13.3. The Bertz CT molecular complexity index is 709. The predicted molar refractivity (Wildman–Crippen MR) is 88.6 cm³/mol. The van der Waals surface area contributed by atoms with Gasteiger partial charge in [0.2, 0.25) is 0 Å². The van der Waals surface area contributed by atoms with Crippen LogP contribution in [0, 0.1) is 18.2 Å². The maximum Gasteiger partial charge on any atom is 0.191 e. The fourth-order valence-electron chi connectivity index (χ4n) is 2.04. The van der Waals surface area contributed by atoms with Crippen molar-refractivity contribution in [3.05, 3.63) is 51.9 Å². The molecular formula is C16H17BrFN3O. The molecule has 116 valence electrons. The first-order valence-corrected chi connectivity index (χ1v) is 7.69. The Morgan fingerprint density at radius 1 is 1.50 bits per heavy atom.